The second kappa shape index (κ2) is 3.82. The predicted molar refractivity (Wildman–Crippen MR) is 57.3 cm³/mol. The second-order valence-electron chi connectivity index (χ2n) is 2.97. The van der Waals surface area contributed by atoms with E-state index in [1.54, 1.807) is 23.5 Å². The van der Waals surface area contributed by atoms with Gasteiger partial charge in [-0.1, -0.05) is 0 Å². The first kappa shape index (κ1) is 9.24. The van der Waals surface area contributed by atoms with Gasteiger partial charge in [0.25, 0.3) is 0 Å². The van der Waals surface area contributed by atoms with Crippen LogP contribution in [0, 0.1) is 0 Å². The van der Waals surface area contributed by atoms with Gasteiger partial charge in [-0.2, -0.15) is 0 Å². The molecule has 72 valence electrons. The lowest BCUT2D eigenvalue weighted by Gasteiger charge is -1.96. The van der Waals surface area contributed by atoms with E-state index in [-0.39, 0.29) is 12.4 Å². The average Bonchev–Trinajstić information content (AvgIpc) is 2.67. The van der Waals surface area contributed by atoms with Crippen molar-refractivity contribution in [2.75, 3.05) is 0 Å². The van der Waals surface area contributed by atoms with E-state index in [0.29, 0.717) is 0 Å². The summed E-state index contributed by atoms with van der Waals surface area (Å²) in [6.07, 6.45) is 0. The Morgan fingerprint density at radius 1 is 1.00 bits per heavy atom. The van der Waals surface area contributed by atoms with Crippen LogP contribution in [0.1, 0.15) is 4.88 Å². The molecule has 0 bridgehead atoms. The van der Waals surface area contributed by atoms with E-state index in [1.807, 2.05) is 24.3 Å². The minimum Gasteiger partial charge on any atom is -0.508 e. The minimum absolute atomic E-state index is 0.0861. The molecule has 0 spiro atoms. The first-order valence-electron chi connectivity index (χ1n) is 4.28. The Kier molecular flexibility index (Phi) is 2.52. The van der Waals surface area contributed by atoms with Crippen LogP contribution in [0.25, 0.3) is 10.4 Å². The first-order valence-corrected chi connectivity index (χ1v) is 5.10. The highest BCUT2D eigenvalue weighted by atomic mass is 32.1. The van der Waals surface area contributed by atoms with Crippen LogP contribution in [0.3, 0.4) is 0 Å². The van der Waals surface area contributed by atoms with Crippen molar-refractivity contribution >= 4 is 11.3 Å². The van der Waals surface area contributed by atoms with Gasteiger partial charge in [0, 0.05) is 9.75 Å². The molecule has 0 unspecified atom stereocenters. The number of phenols is 1. The normalized spacial score (nSPS) is 10.4. The number of phenolic OH excluding ortho intramolecular Hbond substituents is 1. The fourth-order valence-electron chi connectivity index (χ4n) is 1.24. The maximum Gasteiger partial charge on any atom is 0.115 e. The number of hydrogen-bond acceptors (Lipinski definition) is 3. The Hall–Kier alpha value is -1.32. The largest absolute Gasteiger partial charge is 0.508 e. The standard InChI is InChI=1S/C11H10O2S/c12-7-10-5-6-11(14-10)8-1-3-9(13)4-2-8/h1-6,12-13H,7H2. The summed E-state index contributed by atoms with van der Waals surface area (Å²) in [4.78, 5) is 2.06. The van der Waals surface area contributed by atoms with Crippen LogP contribution in [0.2, 0.25) is 0 Å². The van der Waals surface area contributed by atoms with Crippen LogP contribution in [0.15, 0.2) is 36.4 Å². The molecule has 2 N–H and O–H groups in total. The highest BCUT2D eigenvalue weighted by Gasteiger charge is 2.01. The molecular weight excluding hydrogens is 196 g/mol. The zero-order chi connectivity index (χ0) is 9.97. The molecule has 0 fully saturated rings. The summed E-state index contributed by atoms with van der Waals surface area (Å²) in [5, 5.41) is 18.0. The van der Waals surface area contributed by atoms with Crippen LogP contribution in [-0.2, 0) is 6.61 Å². The molecule has 0 aliphatic rings. The van der Waals surface area contributed by atoms with Gasteiger partial charge in [0.05, 0.1) is 6.61 Å². The van der Waals surface area contributed by atoms with Crippen LogP contribution in [0.4, 0.5) is 0 Å². The number of benzene rings is 1. The molecule has 2 nitrogen and oxygen atoms in total. The van der Waals surface area contributed by atoms with Crippen LogP contribution < -0.4 is 0 Å². The third kappa shape index (κ3) is 1.78. The van der Waals surface area contributed by atoms with E-state index in [1.165, 1.54) is 0 Å². The van der Waals surface area contributed by atoms with Crippen LogP contribution in [0.5, 0.6) is 5.75 Å². The molecule has 0 amide bonds. The number of aliphatic hydroxyl groups excluding tert-OH is 1. The van der Waals surface area contributed by atoms with E-state index in [2.05, 4.69) is 0 Å². The molecule has 1 aromatic heterocycles. The Bertz CT molecular complexity index is 417. The molecular formula is C11H10O2S. The van der Waals surface area contributed by atoms with E-state index >= 15 is 0 Å². The summed E-state index contributed by atoms with van der Waals surface area (Å²) in [5.74, 6) is 0.271. The van der Waals surface area contributed by atoms with E-state index in [4.69, 9.17) is 10.2 Å². The third-order valence-electron chi connectivity index (χ3n) is 1.97. The molecule has 0 aliphatic heterocycles. The minimum atomic E-state index is 0.0861. The molecule has 0 aliphatic carbocycles. The quantitative estimate of drug-likeness (QED) is 0.793. The predicted octanol–water partition coefficient (Wildman–Crippen LogP) is 2.61. The van der Waals surface area contributed by atoms with Crippen molar-refractivity contribution in [3.05, 3.63) is 41.3 Å². The van der Waals surface area contributed by atoms with Crippen LogP contribution in [-0.4, -0.2) is 10.2 Å². The zero-order valence-corrected chi connectivity index (χ0v) is 8.29. The molecule has 3 heteroatoms. The topological polar surface area (TPSA) is 40.5 Å². The molecule has 1 aromatic carbocycles. The molecule has 0 saturated heterocycles. The third-order valence-corrected chi connectivity index (χ3v) is 3.09. The van der Waals surface area contributed by atoms with Crippen molar-refractivity contribution in [2.24, 2.45) is 0 Å². The van der Waals surface area contributed by atoms with Crippen molar-refractivity contribution < 1.29 is 10.2 Å². The SMILES string of the molecule is OCc1ccc(-c2ccc(O)cc2)s1. The molecule has 2 aromatic rings. The Balaban J connectivity index is 2.34. The molecule has 1 heterocycles. The number of aliphatic hydroxyl groups is 1. The molecule has 0 saturated carbocycles. The van der Waals surface area contributed by atoms with Gasteiger partial charge >= 0.3 is 0 Å². The van der Waals surface area contributed by atoms with Crippen molar-refractivity contribution in [3.8, 4) is 16.2 Å². The molecule has 0 radical (unpaired) electrons. The van der Waals surface area contributed by atoms with Gasteiger partial charge in [0.15, 0.2) is 0 Å². The zero-order valence-electron chi connectivity index (χ0n) is 7.47. The summed E-state index contributed by atoms with van der Waals surface area (Å²) >= 11 is 1.56. The first-order chi connectivity index (χ1) is 6.79. The summed E-state index contributed by atoms with van der Waals surface area (Å²) in [5.41, 5.74) is 1.06. The fraction of sp³-hybridized carbons (Fsp3) is 0.0909. The smallest absolute Gasteiger partial charge is 0.115 e. The lowest BCUT2D eigenvalue weighted by Crippen LogP contribution is -1.71. The lowest BCUT2D eigenvalue weighted by molar-refractivity contribution is 0.285. The fourth-order valence-corrected chi connectivity index (χ4v) is 2.12. The van der Waals surface area contributed by atoms with Gasteiger partial charge < -0.3 is 10.2 Å². The van der Waals surface area contributed by atoms with Gasteiger partial charge in [0.2, 0.25) is 0 Å². The van der Waals surface area contributed by atoms with Crippen molar-refractivity contribution in [1.82, 2.24) is 0 Å². The van der Waals surface area contributed by atoms with Gasteiger partial charge in [-0.05, 0) is 42.0 Å². The van der Waals surface area contributed by atoms with Crippen LogP contribution >= 0.6 is 11.3 Å². The van der Waals surface area contributed by atoms with E-state index in [9.17, 15) is 0 Å². The molecule has 2 rings (SSSR count). The van der Waals surface area contributed by atoms with Crippen molar-refractivity contribution in [3.63, 3.8) is 0 Å². The van der Waals surface area contributed by atoms with Crippen molar-refractivity contribution in [1.29, 1.82) is 0 Å². The summed E-state index contributed by atoms with van der Waals surface area (Å²) in [7, 11) is 0. The maximum atomic E-state index is 9.12. The molecule has 0 atom stereocenters. The second-order valence-corrected chi connectivity index (χ2v) is 4.14. The number of aromatic hydroxyl groups is 1. The number of thiophene rings is 1. The Morgan fingerprint density at radius 3 is 2.29 bits per heavy atom. The Labute approximate surface area is 86.1 Å². The van der Waals surface area contributed by atoms with E-state index < -0.39 is 0 Å². The average molecular weight is 206 g/mol. The monoisotopic (exact) mass is 206 g/mol. The van der Waals surface area contributed by atoms with Gasteiger partial charge in [-0.15, -0.1) is 11.3 Å². The highest BCUT2D eigenvalue weighted by molar-refractivity contribution is 7.15. The van der Waals surface area contributed by atoms with Gasteiger partial charge in [-0.3, -0.25) is 0 Å². The van der Waals surface area contributed by atoms with Crippen molar-refractivity contribution in [2.45, 2.75) is 6.61 Å². The summed E-state index contributed by atoms with van der Waals surface area (Å²) in [6.45, 7) is 0.0861. The summed E-state index contributed by atoms with van der Waals surface area (Å²) in [6, 6.07) is 10.9. The molecule has 14 heavy (non-hydrogen) atoms. The summed E-state index contributed by atoms with van der Waals surface area (Å²) < 4.78 is 0. The number of hydrogen-bond donors (Lipinski definition) is 2. The van der Waals surface area contributed by atoms with E-state index in [0.717, 1.165) is 15.3 Å². The maximum absolute atomic E-state index is 9.12. The van der Waals surface area contributed by atoms with Gasteiger partial charge in [0.1, 0.15) is 5.75 Å². The highest BCUT2D eigenvalue weighted by Crippen LogP contribution is 2.28. The lowest BCUT2D eigenvalue weighted by atomic mass is 10.2. The van der Waals surface area contributed by atoms with Gasteiger partial charge in [-0.25, -0.2) is 0 Å². The Morgan fingerprint density at radius 2 is 1.71 bits per heavy atom. The number of rotatable bonds is 2.